The molecule has 1 aromatic heterocycles. The maximum Gasteiger partial charge on any atom is 0.0642 e. The van der Waals surface area contributed by atoms with Crippen LogP contribution in [0.4, 0.5) is 5.69 Å². The van der Waals surface area contributed by atoms with E-state index in [1.54, 1.807) is 6.20 Å². The third kappa shape index (κ3) is 4.35. The van der Waals surface area contributed by atoms with Crippen molar-refractivity contribution in [2.45, 2.75) is 18.8 Å². The first-order valence-corrected chi connectivity index (χ1v) is 7.51. The minimum absolute atomic E-state index is 0.431. The molecule has 0 fully saturated rings. The smallest absolute Gasteiger partial charge is 0.0642 e. The molecule has 0 amide bonds. The van der Waals surface area contributed by atoms with Crippen molar-refractivity contribution in [3.63, 3.8) is 0 Å². The summed E-state index contributed by atoms with van der Waals surface area (Å²) in [5.41, 5.74) is 2.96. The van der Waals surface area contributed by atoms with E-state index >= 15 is 0 Å². The molecule has 21 heavy (non-hydrogen) atoms. The van der Waals surface area contributed by atoms with Crippen LogP contribution in [0.1, 0.15) is 17.5 Å². The first-order chi connectivity index (χ1) is 10.2. The highest BCUT2D eigenvalue weighted by Crippen LogP contribution is 2.28. The molecule has 0 saturated carbocycles. The van der Waals surface area contributed by atoms with Gasteiger partial charge in [0.05, 0.1) is 23.2 Å². The number of hydrogen-bond acceptors (Lipinski definition) is 3. The quantitative estimate of drug-likeness (QED) is 0.741. The Bertz CT molecular complexity index is 623. The second kappa shape index (κ2) is 7.87. The molecule has 0 aliphatic heterocycles. The number of nitrogens with zero attached hydrogens (tertiary/aromatic N) is 3. The summed E-state index contributed by atoms with van der Waals surface area (Å²) in [7, 11) is 0. The lowest BCUT2D eigenvalue weighted by Gasteiger charge is -2.25. The van der Waals surface area contributed by atoms with Crippen molar-refractivity contribution in [2.24, 2.45) is 0 Å². The summed E-state index contributed by atoms with van der Waals surface area (Å²) in [4.78, 5) is 6.20. The molecular weight excluding hydrogens is 305 g/mol. The zero-order valence-corrected chi connectivity index (χ0v) is 13.0. The maximum atomic E-state index is 8.84. The minimum Gasteiger partial charge on any atom is -0.365 e. The summed E-state index contributed by atoms with van der Waals surface area (Å²) >= 11 is 12.2. The van der Waals surface area contributed by atoms with Gasteiger partial charge in [-0.05, 0) is 29.3 Å². The summed E-state index contributed by atoms with van der Waals surface area (Å²) in [6, 6.07) is 11.9. The van der Waals surface area contributed by atoms with Crippen LogP contribution in [0.15, 0.2) is 42.7 Å². The number of rotatable bonds is 6. The molecule has 3 nitrogen and oxygen atoms in total. The van der Waals surface area contributed by atoms with Crippen molar-refractivity contribution in [3.05, 3.63) is 58.9 Å². The number of hydrogen-bond donors (Lipinski definition) is 0. The Kier molecular flexibility index (Phi) is 5.86. The standard InChI is InChI=1S/C16H15Cl2N3/c17-10-13-4-5-16(15(18)9-13)21(8-2-6-19)12-14-3-1-7-20-11-14/h1,3-5,7,9,11H,2,8,10,12H2. The third-order valence-corrected chi connectivity index (χ3v) is 3.71. The van der Waals surface area contributed by atoms with Gasteiger partial charge in [0.2, 0.25) is 0 Å². The van der Waals surface area contributed by atoms with Gasteiger partial charge in [-0.3, -0.25) is 4.98 Å². The monoisotopic (exact) mass is 319 g/mol. The fourth-order valence-corrected chi connectivity index (χ4v) is 2.56. The Labute approximate surface area is 134 Å². The molecule has 2 aromatic rings. The van der Waals surface area contributed by atoms with E-state index in [0.717, 1.165) is 16.8 Å². The lowest BCUT2D eigenvalue weighted by atomic mass is 10.2. The van der Waals surface area contributed by atoms with Crippen molar-refractivity contribution in [3.8, 4) is 6.07 Å². The molecule has 108 valence electrons. The topological polar surface area (TPSA) is 39.9 Å². The number of alkyl halides is 1. The summed E-state index contributed by atoms with van der Waals surface area (Å²) in [5, 5.41) is 9.49. The Hall–Kier alpha value is -1.76. The van der Waals surface area contributed by atoms with Gasteiger partial charge in [-0.25, -0.2) is 0 Å². The number of halogens is 2. The average molecular weight is 320 g/mol. The predicted molar refractivity (Wildman–Crippen MR) is 86.5 cm³/mol. The van der Waals surface area contributed by atoms with Crippen molar-refractivity contribution in [1.82, 2.24) is 4.98 Å². The average Bonchev–Trinajstić information content (AvgIpc) is 2.52. The van der Waals surface area contributed by atoms with Crippen LogP contribution in [-0.4, -0.2) is 11.5 Å². The van der Waals surface area contributed by atoms with Gasteiger partial charge in [-0.2, -0.15) is 5.26 Å². The summed E-state index contributed by atoms with van der Waals surface area (Å²) in [6.07, 6.45) is 4.00. The van der Waals surface area contributed by atoms with E-state index in [1.165, 1.54) is 0 Å². The number of benzene rings is 1. The normalized spacial score (nSPS) is 10.1. The van der Waals surface area contributed by atoms with Crippen LogP contribution in [0.2, 0.25) is 5.02 Å². The molecule has 1 heterocycles. The Morgan fingerprint density at radius 1 is 1.24 bits per heavy atom. The van der Waals surface area contributed by atoms with E-state index in [2.05, 4.69) is 16.0 Å². The molecule has 0 saturated heterocycles. The van der Waals surface area contributed by atoms with Crippen molar-refractivity contribution >= 4 is 28.9 Å². The van der Waals surface area contributed by atoms with Crippen molar-refractivity contribution < 1.29 is 0 Å². The van der Waals surface area contributed by atoms with Gasteiger partial charge in [0.15, 0.2) is 0 Å². The SMILES string of the molecule is N#CCCN(Cc1cccnc1)c1ccc(CCl)cc1Cl. The molecule has 0 unspecified atom stereocenters. The van der Waals surface area contributed by atoms with Gasteiger partial charge < -0.3 is 4.90 Å². The van der Waals surface area contributed by atoms with Crippen LogP contribution in [0, 0.1) is 11.3 Å². The second-order valence-corrected chi connectivity index (χ2v) is 5.28. The molecule has 5 heteroatoms. The largest absolute Gasteiger partial charge is 0.365 e. The van der Waals surface area contributed by atoms with Crippen LogP contribution in [0.25, 0.3) is 0 Å². The van der Waals surface area contributed by atoms with Crippen molar-refractivity contribution in [2.75, 3.05) is 11.4 Å². The lowest BCUT2D eigenvalue weighted by molar-refractivity contribution is 0.795. The number of aromatic nitrogens is 1. The Morgan fingerprint density at radius 2 is 2.10 bits per heavy atom. The van der Waals surface area contributed by atoms with Crippen LogP contribution >= 0.6 is 23.2 Å². The van der Waals surface area contributed by atoms with Gasteiger partial charge in [0.25, 0.3) is 0 Å². The van der Waals surface area contributed by atoms with Crippen LogP contribution in [0.5, 0.6) is 0 Å². The third-order valence-electron chi connectivity index (χ3n) is 3.10. The van der Waals surface area contributed by atoms with Gasteiger partial charge in [0, 0.05) is 31.4 Å². The Balaban J connectivity index is 2.25. The first kappa shape index (κ1) is 15.6. The highest BCUT2D eigenvalue weighted by atomic mass is 35.5. The van der Waals surface area contributed by atoms with Crippen LogP contribution in [0.3, 0.4) is 0 Å². The highest BCUT2D eigenvalue weighted by Gasteiger charge is 2.11. The fourth-order valence-electron chi connectivity index (χ4n) is 2.07. The second-order valence-electron chi connectivity index (χ2n) is 4.61. The van der Waals surface area contributed by atoms with Gasteiger partial charge >= 0.3 is 0 Å². The van der Waals surface area contributed by atoms with E-state index in [-0.39, 0.29) is 0 Å². The van der Waals surface area contributed by atoms with Crippen molar-refractivity contribution in [1.29, 1.82) is 5.26 Å². The summed E-state index contributed by atoms with van der Waals surface area (Å²) in [5.74, 6) is 0.431. The number of anilines is 1. The van der Waals surface area contributed by atoms with Gasteiger partial charge in [0.1, 0.15) is 0 Å². The molecule has 0 aliphatic carbocycles. The molecule has 0 bridgehead atoms. The zero-order valence-electron chi connectivity index (χ0n) is 11.5. The minimum atomic E-state index is 0.431. The predicted octanol–water partition coefficient (Wildman–Crippen LogP) is 4.39. The molecule has 2 rings (SSSR count). The molecule has 0 radical (unpaired) electrons. The van der Waals surface area contributed by atoms with E-state index in [1.807, 2.05) is 36.5 Å². The molecule has 0 atom stereocenters. The molecular formula is C16H15Cl2N3. The zero-order chi connectivity index (χ0) is 15.1. The first-order valence-electron chi connectivity index (χ1n) is 6.60. The van der Waals surface area contributed by atoms with Crippen LogP contribution in [-0.2, 0) is 12.4 Å². The van der Waals surface area contributed by atoms with E-state index in [0.29, 0.717) is 30.4 Å². The molecule has 0 aliphatic rings. The fraction of sp³-hybridized carbons (Fsp3) is 0.250. The molecule has 1 aromatic carbocycles. The number of nitriles is 1. The maximum absolute atomic E-state index is 8.84. The van der Waals surface area contributed by atoms with E-state index in [4.69, 9.17) is 28.5 Å². The lowest BCUT2D eigenvalue weighted by Crippen LogP contribution is -2.24. The highest BCUT2D eigenvalue weighted by molar-refractivity contribution is 6.33. The van der Waals surface area contributed by atoms with E-state index in [9.17, 15) is 0 Å². The number of pyridine rings is 1. The van der Waals surface area contributed by atoms with Gasteiger partial charge in [-0.1, -0.05) is 23.7 Å². The van der Waals surface area contributed by atoms with Crippen LogP contribution < -0.4 is 4.90 Å². The Morgan fingerprint density at radius 3 is 2.71 bits per heavy atom. The van der Waals surface area contributed by atoms with E-state index < -0.39 is 0 Å². The summed E-state index contributed by atoms with van der Waals surface area (Å²) < 4.78 is 0. The molecule has 0 spiro atoms. The summed E-state index contributed by atoms with van der Waals surface area (Å²) in [6.45, 7) is 1.28. The van der Waals surface area contributed by atoms with Gasteiger partial charge in [-0.15, -0.1) is 11.6 Å². The molecule has 0 N–H and O–H groups in total.